The quantitative estimate of drug-likeness (QED) is 0.439. The molecule has 0 saturated heterocycles. The average molecular weight is 445 g/mol. The lowest BCUT2D eigenvalue weighted by Crippen LogP contribution is -2.39. The first-order valence-corrected chi connectivity index (χ1v) is 11.3. The largest absolute Gasteiger partial charge is 0.423 e. The van der Waals surface area contributed by atoms with E-state index in [1.54, 1.807) is 36.5 Å². The van der Waals surface area contributed by atoms with Crippen molar-refractivity contribution >= 4 is 16.8 Å². The number of hydrogen-bond donors (Lipinski definition) is 1. The summed E-state index contributed by atoms with van der Waals surface area (Å²) in [5.74, 6) is 0.861. The lowest BCUT2D eigenvalue weighted by Gasteiger charge is -2.33. The van der Waals surface area contributed by atoms with Crippen LogP contribution in [-0.4, -0.2) is 27.1 Å². The Bertz CT molecular complexity index is 1250. The summed E-state index contributed by atoms with van der Waals surface area (Å²) in [5.41, 5.74) is 3.00. The molecule has 6 nitrogen and oxygen atoms in total. The molecule has 1 fully saturated rings. The van der Waals surface area contributed by atoms with Crippen molar-refractivity contribution in [2.24, 2.45) is 5.92 Å². The maximum atomic E-state index is 14.1. The Hall–Kier alpha value is -3.61. The molecule has 2 aromatic heterocycles. The van der Waals surface area contributed by atoms with Gasteiger partial charge in [0.2, 0.25) is 12.3 Å². The van der Waals surface area contributed by atoms with E-state index < -0.39 is 0 Å². The molecule has 0 radical (unpaired) electrons. The van der Waals surface area contributed by atoms with Crippen molar-refractivity contribution in [2.75, 3.05) is 0 Å². The molecule has 1 aliphatic rings. The van der Waals surface area contributed by atoms with E-state index in [0.29, 0.717) is 28.8 Å². The van der Waals surface area contributed by atoms with Gasteiger partial charge in [-0.2, -0.15) is 0 Å². The van der Waals surface area contributed by atoms with Crippen LogP contribution in [0.3, 0.4) is 0 Å². The van der Waals surface area contributed by atoms with Gasteiger partial charge in [-0.25, -0.2) is 4.39 Å². The zero-order chi connectivity index (χ0) is 22.8. The fourth-order valence-corrected chi connectivity index (χ4v) is 4.92. The molecule has 4 aromatic rings. The highest BCUT2D eigenvalue weighted by atomic mass is 19.1. The number of fused-ring (bicyclic) bond motifs is 1. The van der Waals surface area contributed by atoms with Gasteiger partial charge in [-0.15, -0.1) is 10.2 Å². The maximum Gasteiger partial charge on any atom is 0.251 e. The van der Waals surface area contributed by atoms with Crippen LogP contribution in [0.1, 0.15) is 54.4 Å². The molecular formula is C26H25FN4O2. The summed E-state index contributed by atoms with van der Waals surface area (Å²) in [7, 11) is 0. The van der Waals surface area contributed by atoms with Crippen molar-refractivity contribution in [1.29, 1.82) is 0 Å². The van der Waals surface area contributed by atoms with Crippen LogP contribution in [0.4, 0.5) is 4.39 Å². The molecule has 1 aliphatic carbocycles. The topological polar surface area (TPSA) is 80.9 Å². The van der Waals surface area contributed by atoms with Gasteiger partial charge in [-0.3, -0.25) is 9.78 Å². The second-order valence-electron chi connectivity index (χ2n) is 8.73. The molecular weight excluding hydrogens is 419 g/mol. The zero-order valence-corrected chi connectivity index (χ0v) is 18.4. The number of aromatic nitrogens is 3. The van der Waals surface area contributed by atoms with Crippen molar-refractivity contribution in [3.8, 4) is 11.5 Å². The highest BCUT2D eigenvalue weighted by Gasteiger charge is 2.28. The number of carbonyl (C=O) groups is 1. The van der Waals surface area contributed by atoms with Gasteiger partial charge in [0.1, 0.15) is 11.3 Å². The molecule has 33 heavy (non-hydrogen) atoms. The van der Waals surface area contributed by atoms with Crippen LogP contribution in [0.15, 0.2) is 65.5 Å². The maximum absolute atomic E-state index is 14.1. The standard InChI is InChI=1S/C26H25FN4O2/c1-16(30-25(32)19-9-11-20(12-10-19)26-31-29-15-33-26)17-5-7-18(8-6-17)21-13-14-28-24-22(21)3-2-4-23(24)27/h2-4,9-18H,5-8H2,1H3,(H,30,32)/t16-,17?,18?/m1/s1. The summed E-state index contributed by atoms with van der Waals surface area (Å²) in [6.45, 7) is 2.08. The van der Waals surface area contributed by atoms with E-state index in [1.807, 2.05) is 12.1 Å². The Kier molecular flexibility index (Phi) is 5.86. The molecule has 0 unspecified atom stereocenters. The van der Waals surface area contributed by atoms with E-state index in [2.05, 4.69) is 27.4 Å². The third kappa shape index (κ3) is 4.35. The molecule has 7 heteroatoms. The van der Waals surface area contributed by atoms with Gasteiger partial charge in [0.05, 0.1) is 0 Å². The van der Waals surface area contributed by atoms with Crippen molar-refractivity contribution in [3.05, 3.63) is 78.1 Å². The summed E-state index contributed by atoms with van der Waals surface area (Å²) >= 11 is 0. The fourth-order valence-electron chi connectivity index (χ4n) is 4.92. The number of hydrogen-bond acceptors (Lipinski definition) is 5. The van der Waals surface area contributed by atoms with E-state index in [0.717, 1.165) is 36.6 Å². The van der Waals surface area contributed by atoms with Gasteiger partial charge in [-0.05, 0) is 86.4 Å². The van der Waals surface area contributed by atoms with Crippen LogP contribution in [0.2, 0.25) is 0 Å². The fraction of sp³-hybridized carbons (Fsp3) is 0.308. The van der Waals surface area contributed by atoms with Crippen molar-refractivity contribution in [2.45, 2.75) is 44.6 Å². The lowest BCUT2D eigenvalue weighted by molar-refractivity contribution is 0.0918. The van der Waals surface area contributed by atoms with E-state index in [9.17, 15) is 9.18 Å². The van der Waals surface area contributed by atoms with Crippen LogP contribution in [0.5, 0.6) is 0 Å². The third-order valence-electron chi connectivity index (χ3n) is 6.79. The molecule has 0 bridgehead atoms. The molecule has 5 rings (SSSR count). The molecule has 0 aliphatic heterocycles. The number of nitrogens with one attached hydrogen (secondary N) is 1. The van der Waals surface area contributed by atoms with E-state index in [1.165, 1.54) is 18.0 Å². The Morgan fingerprint density at radius 2 is 1.88 bits per heavy atom. The van der Waals surface area contributed by atoms with E-state index in [4.69, 9.17) is 4.42 Å². The van der Waals surface area contributed by atoms with Crippen molar-refractivity contribution < 1.29 is 13.6 Å². The number of para-hydroxylation sites is 1. The zero-order valence-electron chi connectivity index (χ0n) is 18.4. The highest BCUT2D eigenvalue weighted by molar-refractivity contribution is 5.94. The molecule has 1 saturated carbocycles. The summed E-state index contributed by atoms with van der Waals surface area (Å²) in [5, 5.41) is 11.6. The van der Waals surface area contributed by atoms with Gasteiger partial charge in [0.25, 0.3) is 5.91 Å². The third-order valence-corrected chi connectivity index (χ3v) is 6.79. The lowest BCUT2D eigenvalue weighted by atomic mass is 9.75. The monoisotopic (exact) mass is 444 g/mol. The van der Waals surface area contributed by atoms with Crippen LogP contribution in [0.25, 0.3) is 22.4 Å². The molecule has 2 aromatic carbocycles. The minimum Gasteiger partial charge on any atom is -0.423 e. The number of halogens is 1. The number of pyridine rings is 1. The van der Waals surface area contributed by atoms with Gasteiger partial charge in [0, 0.05) is 28.8 Å². The molecule has 0 spiro atoms. The van der Waals surface area contributed by atoms with Gasteiger partial charge < -0.3 is 9.73 Å². The van der Waals surface area contributed by atoms with E-state index in [-0.39, 0.29) is 17.8 Å². The summed E-state index contributed by atoms with van der Waals surface area (Å²) in [4.78, 5) is 17.0. The Labute approximate surface area is 191 Å². The summed E-state index contributed by atoms with van der Waals surface area (Å²) in [6.07, 6.45) is 7.04. The second kappa shape index (κ2) is 9.10. The van der Waals surface area contributed by atoms with Crippen molar-refractivity contribution in [3.63, 3.8) is 0 Å². The Balaban J connectivity index is 1.20. The van der Waals surface area contributed by atoms with Crippen LogP contribution in [-0.2, 0) is 0 Å². The summed E-state index contributed by atoms with van der Waals surface area (Å²) < 4.78 is 19.3. The molecule has 1 amide bonds. The SMILES string of the molecule is C[C@@H](NC(=O)c1ccc(-c2nnco2)cc1)C1CCC(c2ccnc3c(F)cccc23)CC1. The second-order valence-corrected chi connectivity index (χ2v) is 8.73. The average Bonchev–Trinajstić information content (AvgIpc) is 3.39. The number of rotatable bonds is 5. The minimum atomic E-state index is -0.274. The number of carbonyl (C=O) groups excluding carboxylic acids is 1. The molecule has 2 heterocycles. The van der Waals surface area contributed by atoms with E-state index >= 15 is 0 Å². The molecule has 1 N–H and O–H groups in total. The minimum absolute atomic E-state index is 0.0701. The normalized spacial score (nSPS) is 19.3. The first kappa shape index (κ1) is 21.2. The van der Waals surface area contributed by atoms with Crippen LogP contribution >= 0.6 is 0 Å². The summed E-state index contributed by atoms with van der Waals surface area (Å²) in [6, 6.07) is 14.4. The van der Waals surface area contributed by atoms with Gasteiger partial charge in [0.15, 0.2) is 0 Å². The number of amides is 1. The molecule has 1 atom stereocenters. The first-order chi connectivity index (χ1) is 16.1. The van der Waals surface area contributed by atoms with Crippen LogP contribution < -0.4 is 5.32 Å². The number of benzene rings is 2. The van der Waals surface area contributed by atoms with Gasteiger partial charge in [-0.1, -0.05) is 12.1 Å². The highest BCUT2D eigenvalue weighted by Crippen LogP contribution is 2.39. The van der Waals surface area contributed by atoms with Crippen molar-refractivity contribution in [1.82, 2.24) is 20.5 Å². The molecule has 168 valence electrons. The first-order valence-electron chi connectivity index (χ1n) is 11.3. The van der Waals surface area contributed by atoms with Gasteiger partial charge >= 0.3 is 0 Å². The number of nitrogens with zero attached hydrogens (tertiary/aromatic N) is 3. The predicted molar refractivity (Wildman–Crippen MR) is 123 cm³/mol. The Morgan fingerprint density at radius 3 is 2.61 bits per heavy atom. The predicted octanol–water partition coefficient (Wildman–Crippen LogP) is 5.52. The smallest absolute Gasteiger partial charge is 0.251 e. The van der Waals surface area contributed by atoms with Crippen LogP contribution in [0, 0.1) is 11.7 Å². The Morgan fingerprint density at radius 1 is 1.09 bits per heavy atom.